The SMILES string of the molecule is Cc1c(CC(=O)OC(=N)CCC(=O)OC(=O)Cc2c(C)c3ccc(N)cc3oc2=O)c(=O)oc2cc(N)ccc12. The number of hydrogen-bond donors (Lipinski definition) is 3. The molecule has 0 aliphatic rings. The highest BCUT2D eigenvalue weighted by molar-refractivity contribution is 5.93. The second kappa shape index (κ2) is 11.2. The zero-order valence-corrected chi connectivity index (χ0v) is 21.6. The minimum atomic E-state index is -0.987. The molecule has 12 nitrogen and oxygen atoms in total. The van der Waals surface area contributed by atoms with Crippen LogP contribution in [0.5, 0.6) is 0 Å². The molecule has 0 amide bonds. The van der Waals surface area contributed by atoms with Gasteiger partial charge in [-0.05, 0) is 49.2 Å². The lowest BCUT2D eigenvalue weighted by Crippen LogP contribution is -2.22. The molecule has 2 aromatic heterocycles. The van der Waals surface area contributed by atoms with Crippen LogP contribution in [0.15, 0.2) is 54.8 Å². The monoisotopic (exact) mass is 547 g/mol. The average molecular weight is 548 g/mol. The van der Waals surface area contributed by atoms with Crippen LogP contribution in [0.1, 0.15) is 35.1 Å². The maximum atomic E-state index is 12.4. The molecule has 4 aromatic rings. The van der Waals surface area contributed by atoms with E-state index in [1.165, 1.54) is 12.1 Å². The molecule has 0 unspecified atom stereocenters. The van der Waals surface area contributed by atoms with Gasteiger partial charge < -0.3 is 29.8 Å². The third kappa shape index (κ3) is 6.07. The second-order valence-electron chi connectivity index (χ2n) is 9.09. The number of ether oxygens (including phenoxy) is 2. The standard InChI is InChI=1S/C28H25N3O9/c1-13-17-5-3-15(29)9-21(17)37-27(35)19(13)11-25(33)39-23(31)7-8-24(32)40-26(34)12-20-14(2)18-6-4-16(30)10-22(18)38-28(20)36/h3-6,9-10,31H,7-8,11-12,29-30H2,1-2H3. The fourth-order valence-electron chi connectivity index (χ4n) is 4.17. The highest BCUT2D eigenvalue weighted by atomic mass is 16.6. The normalized spacial score (nSPS) is 10.9. The topological polar surface area (TPSA) is 206 Å². The Morgan fingerprint density at radius 3 is 1.65 bits per heavy atom. The fourth-order valence-corrected chi connectivity index (χ4v) is 4.17. The van der Waals surface area contributed by atoms with Crippen molar-refractivity contribution in [3.05, 3.63) is 79.5 Å². The molecule has 0 atom stereocenters. The van der Waals surface area contributed by atoms with Crippen LogP contribution in [0.4, 0.5) is 11.4 Å². The summed E-state index contributed by atoms with van der Waals surface area (Å²) in [5.41, 5.74) is 12.4. The number of nitrogen functional groups attached to an aromatic ring is 2. The Balaban J connectivity index is 1.30. The third-order valence-electron chi connectivity index (χ3n) is 6.29. The number of carbonyl (C=O) groups is 3. The van der Waals surface area contributed by atoms with Crippen LogP contribution in [0.2, 0.25) is 0 Å². The van der Waals surface area contributed by atoms with E-state index in [0.717, 1.165) is 0 Å². The van der Waals surface area contributed by atoms with E-state index in [-0.39, 0.29) is 28.7 Å². The molecule has 2 aromatic carbocycles. The molecular formula is C28H25N3O9. The van der Waals surface area contributed by atoms with E-state index in [4.69, 9.17) is 35.2 Å². The number of benzene rings is 2. The summed E-state index contributed by atoms with van der Waals surface area (Å²) in [5.74, 6) is -3.43. The van der Waals surface area contributed by atoms with E-state index < -0.39 is 54.3 Å². The van der Waals surface area contributed by atoms with Crippen molar-refractivity contribution < 1.29 is 32.7 Å². The number of anilines is 2. The van der Waals surface area contributed by atoms with Crippen molar-refractivity contribution in [2.75, 3.05) is 11.5 Å². The van der Waals surface area contributed by atoms with Crippen molar-refractivity contribution in [3.63, 3.8) is 0 Å². The maximum absolute atomic E-state index is 12.4. The molecule has 4 rings (SSSR count). The van der Waals surface area contributed by atoms with Crippen LogP contribution in [0.25, 0.3) is 21.9 Å². The number of carbonyl (C=O) groups excluding carboxylic acids is 3. The lowest BCUT2D eigenvalue weighted by molar-refractivity contribution is -0.159. The second-order valence-corrected chi connectivity index (χ2v) is 9.09. The van der Waals surface area contributed by atoms with Crippen LogP contribution < -0.4 is 22.7 Å². The van der Waals surface area contributed by atoms with Gasteiger partial charge >= 0.3 is 29.2 Å². The summed E-state index contributed by atoms with van der Waals surface area (Å²) in [4.78, 5) is 61.5. The molecule has 2 heterocycles. The molecule has 0 saturated carbocycles. The number of rotatable bonds is 7. The van der Waals surface area contributed by atoms with Gasteiger partial charge in [0.25, 0.3) is 0 Å². The highest BCUT2D eigenvalue weighted by Gasteiger charge is 2.20. The smallest absolute Gasteiger partial charge is 0.340 e. The molecule has 206 valence electrons. The van der Waals surface area contributed by atoms with Gasteiger partial charge in [-0.1, -0.05) is 0 Å². The van der Waals surface area contributed by atoms with E-state index in [9.17, 15) is 24.0 Å². The largest absolute Gasteiger partial charge is 0.422 e. The summed E-state index contributed by atoms with van der Waals surface area (Å²) in [6.07, 6.45) is -1.75. The van der Waals surface area contributed by atoms with Gasteiger partial charge in [-0.25, -0.2) is 9.59 Å². The number of nitrogens with two attached hydrogens (primary N) is 2. The van der Waals surface area contributed by atoms with Gasteiger partial charge in [-0.2, -0.15) is 0 Å². The summed E-state index contributed by atoms with van der Waals surface area (Å²) in [7, 11) is 0. The summed E-state index contributed by atoms with van der Waals surface area (Å²) < 4.78 is 20.1. The van der Waals surface area contributed by atoms with Crippen LogP contribution in [0.3, 0.4) is 0 Å². The predicted octanol–water partition coefficient (Wildman–Crippen LogP) is 2.84. The van der Waals surface area contributed by atoms with Gasteiger partial charge in [-0.3, -0.25) is 19.8 Å². The first-order valence-corrected chi connectivity index (χ1v) is 12.1. The first kappa shape index (κ1) is 27.8. The van der Waals surface area contributed by atoms with Crippen molar-refractivity contribution in [2.45, 2.75) is 39.5 Å². The quantitative estimate of drug-likeness (QED) is 0.0765. The average Bonchev–Trinajstić information content (AvgIpc) is 2.87. The van der Waals surface area contributed by atoms with E-state index in [2.05, 4.69) is 0 Å². The fraction of sp³-hybridized carbons (Fsp3) is 0.214. The third-order valence-corrected chi connectivity index (χ3v) is 6.29. The number of esters is 3. The first-order chi connectivity index (χ1) is 18.9. The Hall–Kier alpha value is -5.26. The van der Waals surface area contributed by atoms with E-state index in [1.807, 2.05) is 0 Å². The summed E-state index contributed by atoms with van der Waals surface area (Å²) in [5, 5.41) is 9.02. The van der Waals surface area contributed by atoms with Crippen molar-refractivity contribution >= 4 is 57.1 Å². The molecule has 5 N–H and O–H groups in total. The summed E-state index contributed by atoms with van der Waals surface area (Å²) >= 11 is 0. The predicted molar refractivity (Wildman–Crippen MR) is 145 cm³/mol. The Bertz CT molecular complexity index is 1690. The minimum absolute atomic E-state index is 0.0358. The molecule has 0 bridgehead atoms. The Kier molecular flexibility index (Phi) is 7.80. The highest BCUT2D eigenvalue weighted by Crippen LogP contribution is 2.23. The minimum Gasteiger partial charge on any atom is -0.422 e. The first-order valence-electron chi connectivity index (χ1n) is 12.1. The van der Waals surface area contributed by atoms with Gasteiger partial charge in [0.15, 0.2) is 5.90 Å². The summed E-state index contributed by atoms with van der Waals surface area (Å²) in [6.45, 7) is 3.28. The van der Waals surface area contributed by atoms with E-state index >= 15 is 0 Å². The van der Waals surface area contributed by atoms with E-state index in [0.29, 0.717) is 33.3 Å². The Labute approximate surface area is 226 Å². The molecule has 0 radical (unpaired) electrons. The lowest BCUT2D eigenvalue weighted by atomic mass is 10.0. The van der Waals surface area contributed by atoms with Crippen LogP contribution in [0, 0.1) is 19.3 Å². The van der Waals surface area contributed by atoms with E-state index in [1.54, 1.807) is 38.1 Å². The number of nitrogens with one attached hydrogen (secondary N) is 1. The molecule has 0 saturated heterocycles. The number of fused-ring (bicyclic) bond motifs is 2. The molecular weight excluding hydrogens is 522 g/mol. The maximum Gasteiger partial charge on any atom is 0.340 e. The van der Waals surface area contributed by atoms with Crippen LogP contribution in [-0.2, 0) is 36.7 Å². The van der Waals surface area contributed by atoms with Crippen LogP contribution in [-0.4, -0.2) is 23.8 Å². The van der Waals surface area contributed by atoms with Gasteiger partial charge in [0, 0.05) is 40.7 Å². The van der Waals surface area contributed by atoms with Crippen molar-refractivity contribution in [1.29, 1.82) is 5.41 Å². The van der Waals surface area contributed by atoms with Gasteiger partial charge in [0.2, 0.25) is 0 Å². The van der Waals surface area contributed by atoms with Gasteiger partial charge in [0.1, 0.15) is 11.2 Å². The number of aryl methyl sites for hydroxylation is 2. The molecule has 0 fully saturated rings. The van der Waals surface area contributed by atoms with Crippen molar-refractivity contribution in [1.82, 2.24) is 0 Å². The lowest BCUT2D eigenvalue weighted by Gasteiger charge is -2.09. The molecule has 0 aliphatic carbocycles. The molecule has 12 heteroatoms. The van der Waals surface area contributed by atoms with Gasteiger partial charge in [0.05, 0.1) is 30.4 Å². The molecule has 0 aliphatic heterocycles. The molecule has 40 heavy (non-hydrogen) atoms. The number of hydrogen-bond acceptors (Lipinski definition) is 12. The Morgan fingerprint density at radius 1 is 0.725 bits per heavy atom. The zero-order valence-electron chi connectivity index (χ0n) is 21.6. The van der Waals surface area contributed by atoms with Gasteiger partial charge in [-0.15, -0.1) is 0 Å². The van der Waals surface area contributed by atoms with Crippen molar-refractivity contribution in [2.24, 2.45) is 0 Å². The Morgan fingerprint density at radius 2 is 1.18 bits per heavy atom. The van der Waals surface area contributed by atoms with Crippen LogP contribution >= 0.6 is 0 Å². The molecule has 0 spiro atoms. The zero-order chi connectivity index (χ0) is 29.1. The van der Waals surface area contributed by atoms with Crippen molar-refractivity contribution in [3.8, 4) is 0 Å². The summed E-state index contributed by atoms with van der Waals surface area (Å²) in [6, 6.07) is 9.56.